The van der Waals surface area contributed by atoms with Crippen LogP contribution in [-0.4, -0.2) is 25.0 Å². The largest absolute Gasteiger partial charge is 0.487 e. The summed E-state index contributed by atoms with van der Waals surface area (Å²) in [6, 6.07) is 9.14. The Balaban J connectivity index is 2.58. The summed E-state index contributed by atoms with van der Waals surface area (Å²) >= 11 is 0. The Labute approximate surface area is 158 Å². The molecule has 1 aliphatic heterocycles. The molecule has 0 aromatic heterocycles. The third-order valence-electron chi connectivity index (χ3n) is 3.96. The number of nitrogens with zero attached hydrogens (tertiary/aromatic N) is 1. The molecule has 2 N–H and O–H groups in total. The number of nitrogens with two attached hydrogens (primary N) is 1. The first-order valence-electron chi connectivity index (χ1n) is 8.62. The third-order valence-corrected chi connectivity index (χ3v) is 3.96. The van der Waals surface area contributed by atoms with Crippen LogP contribution < -0.4 is 5.73 Å². The molecule has 0 bridgehead atoms. The van der Waals surface area contributed by atoms with Crippen LogP contribution in [0.1, 0.15) is 37.3 Å². The lowest BCUT2D eigenvalue weighted by Crippen LogP contribution is -2.20. The molecule has 1 unspecified atom stereocenters. The zero-order valence-electron chi connectivity index (χ0n) is 15.6. The van der Waals surface area contributed by atoms with Crippen LogP contribution in [0.5, 0.6) is 0 Å². The molecule has 0 fully saturated rings. The first-order valence-corrected chi connectivity index (χ1v) is 8.62. The lowest BCUT2D eigenvalue weighted by atomic mass is 9.87. The van der Waals surface area contributed by atoms with Gasteiger partial charge in [0.25, 0.3) is 0 Å². The number of nitriles is 1. The maximum absolute atomic E-state index is 13.2. The minimum atomic E-state index is -0.975. The van der Waals surface area contributed by atoms with E-state index in [9.17, 15) is 14.9 Å². The highest BCUT2D eigenvalue weighted by molar-refractivity contribution is 6.02. The highest BCUT2D eigenvalue weighted by Gasteiger charge is 2.37. The van der Waals surface area contributed by atoms with Crippen LogP contribution in [0.15, 0.2) is 47.2 Å². The van der Waals surface area contributed by atoms with Gasteiger partial charge in [0, 0.05) is 0 Å². The van der Waals surface area contributed by atoms with Crippen molar-refractivity contribution in [2.45, 2.75) is 33.1 Å². The molecule has 1 aliphatic rings. The standard InChI is InChI=1S/C20H22N2O5/c1-4-25-16(23)10-15-19(26-5-2)18(24)17(14(11-21)20(22)27-15)13-8-6-12(3)7-9-13/h6-9,17H,4-5,10,22H2,1-3H3. The molecule has 1 atom stereocenters. The molecular weight excluding hydrogens is 348 g/mol. The first kappa shape index (κ1) is 20.0. The summed E-state index contributed by atoms with van der Waals surface area (Å²) in [5.74, 6) is -2.46. The lowest BCUT2D eigenvalue weighted by Gasteiger charge is -2.16. The predicted molar refractivity (Wildman–Crippen MR) is 96.7 cm³/mol. The van der Waals surface area contributed by atoms with Crippen molar-refractivity contribution in [2.75, 3.05) is 13.2 Å². The fraction of sp³-hybridized carbons (Fsp3) is 0.350. The fourth-order valence-electron chi connectivity index (χ4n) is 2.73. The topological polar surface area (TPSA) is 112 Å². The number of rotatable bonds is 6. The van der Waals surface area contributed by atoms with Crippen molar-refractivity contribution in [1.29, 1.82) is 5.26 Å². The molecule has 0 amide bonds. The van der Waals surface area contributed by atoms with E-state index in [4.69, 9.17) is 19.9 Å². The van der Waals surface area contributed by atoms with Crippen molar-refractivity contribution in [2.24, 2.45) is 5.73 Å². The maximum Gasteiger partial charge on any atom is 0.313 e. The van der Waals surface area contributed by atoms with Crippen LogP contribution in [0.2, 0.25) is 0 Å². The molecule has 1 heterocycles. The predicted octanol–water partition coefficient (Wildman–Crippen LogP) is 2.57. The first-order chi connectivity index (χ1) is 12.9. The summed E-state index contributed by atoms with van der Waals surface area (Å²) in [7, 11) is 0. The SMILES string of the molecule is CCOC(=O)CC1=C(OCC)C(=O)C(c2ccc(C)cc2)C(C#N)=C(N)O1. The Bertz CT molecular complexity index is 831. The Morgan fingerprint density at radius 2 is 1.93 bits per heavy atom. The van der Waals surface area contributed by atoms with Crippen molar-refractivity contribution in [3.05, 3.63) is 58.4 Å². The number of aryl methyl sites for hydroxylation is 1. The van der Waals surface area contributed by atoms with Crippen LogP contribution in [-0.2, 0) is 23.8 Å². The molecule has 1 aromatic carbocycles. The van der Waals surface area contributed by atoms with Gasteiger partial charge in [0.15, 0.2) is 5.76 Å². The molecule has 1 aromatic rings. The van der Waals surface area contributed by atoms with E-state index in [2.05, 4.69) is 0 Å². The average Bonchev–Trinajstić information content (AvgIpc) is 2.72. The summed E-state index contributed by atoms with van der Waals surface area (Å²) in [6.45, 7) is 5.66. The smallest absolute Gasteiger partial charge is 0.313 e. The molecule has 7 nitrogen and oxygen atoms in total. The number of ether oxygens (including phenoxy) is 3. The number of allylic oxidation sites excluding steroid dienone is 2. The number of hydrogen-bond acceptors (Lipinski definition) is 7. The van der Waals surface area contributed by atoms with E-state index in [0.717, 1.165) is 5.56 Å². The van der Waals surface area contributed by atoms with E-state index in [-0.39, 0.29) is 42.6 Å². The third kappa shape index (κ3) is 4.47. The number of carbonyl (C=O) groups excluding carboxylic acids is 2. The minimum absolute atomic E-state index is 0.0279. The monoisotopic (exact) mass is 370 g/mol. The van der Waals surface area contributed by atoms with Gasteiger partial charge in [-0.25, -0.2) is 0 Å². The minimum Gasteiger partial charge on any atom is -0.487 e. The molecule has 7 heteroatoms. The molecule has 0 radical (unpaired) electrons. The highest BCUT2D eigenvalue weighted by atomic mass is 16.5. The van der Waals surface area contributed by atoms with Gasteiger partial charge in [-0.3, -0.25) is 9.59 Å². The quantitative estimate of drug-likeness (QED) is 0.766. The average molecular weight is 370 g/mol. The van der Waals surface area contributed by atoms with Crippen LogP contribution in [0, 0.1) is 18.3 Å². The van der Waals surface area contributed by atoms with Gasteiger partial charge in [-0.2, -0.15) is 5.26 Å². The summed E-state index contributed by atoms with van der Waals surface area (Å²) in [4.78, 5) is 25.1. The Kier molecular flexibility index (Phi) is 6.61. The van der Waals surface area contributed by atoms with E-state index in [1.54, 1.807) is 26.0 Å². The second kappa shape index (κ2) is 8.90. The van der Waals surface area contributed by atoms with Crippen LogP contribution in [0.25, 0.3) is 0 Å². The normalized spacial score (nSPS) is 17.1. The molecule has 27 heavy (non-hydrogen) atoms. The zero-order valence-corrected chi connectivity index (χ0v) is 15.6. The summed E-state index contributed by atoms with van der Waals surface area (Å²) < 4.78 is 15.9. The second-order valence-electron chi connectivity index (χ2n) is 5.87. The molecule has 0 aliphatic carbocycles. The van der Waals surface area contributed by atoms with Gasteiger partial charge in [0.1, 0.15) is 18.1 Å². The van der Waals surface area contributed by atoms with Crippen LogP contribution in [0.4, 0.5) is 0 Å². The summed E-state index contributed by atoms with van der Waals surface area (Å²) in [5.41, 5.74) is 7.52. The number of ketones is 1. The van der Waals surface area contributed by atoms with Crippen molar-refractivity contribution in [3.63, 3.8) is 0 Å². The summed E-state index contributed by atoms with van der Waals surface area (Å²) in [6.07, 6.45) is -0.324. The summed E-state index contributed by atoms with van der Waals surface area (Å²) in [5, 5.41) is 9.59. The van der Waals surface area contributed by atoms with E-state index in [1.165, 1.54) is 0 Å². The maximum atomic E-state index is 13.2. The van der Waals surface area contributed by atoms with Gasteiger partial charge in [0.2, 0.25) is 17.4 Å². The van der Waals surface area contributed by atoms with Crippen LogP contribution in [0.3, 0.4) is 0 Å². The van der Waals surface area contributed by atoms with Gasteiger partial charge in [-0.15, -0.1) is 0 Å². The molecule has 142 valence electrons. The van der Waals surface area contributed by atoms with Crippen molar-refractivity contribution in [1.82, 2.24) is 0 Å². The van der Waals surface area contributed by atoms with Gasteiger partial charge >= 0.3 is 5.97 Å². The van der Waals surface area contributed by atoms with Gasteiger partial charge in [0.05, 0.1) is 19.1 Å². The fourth-order valence-corrected chi connectivity index (χ4v) is 2.73. The Hall–Kier alpha value is -3.27. The molecule has 0 saturated carbocycles. The number of carbonyl (C=O) groups is 2. The van der Waals surface area contributed by atoms with Gasteiger partial charge in [-0.05, 0) is 26.3 Å². The number of Topliss-reactive ketones (excluding diaryl/α,β-unsaturated/α-hetero) is 1. The van der Waals surface area contributed by atoms with Crippen molar-refractivity contribution in [3.8, 4) is 6.07 Å². The van der Waals surface area contributed by atoms with E-state index in [0.29, 0.717) is 5.56 Å². The van der Waals surface area contributed by atoms with E-state index >= 15 is 0 Å². The van der Waals surface area contributed by atoms with Crippen molar-refractivity contribution >= 4 is 11.8 Å². The Morgan fingerprint density at radius 1 is 1.26 bits per heavy atom. The van der Waals surface area contributed by atoms with Crippen molar-refractivity contribution < 1.29 is 23.8 Å². The number of benzene rings is 1. The van der Waals surface area contributed by atoms with Gasteiger partial charge < -0.3 is 19.9 Å². The van der Waals surface area contributed by atoms with Crippen LogP contribution >= 0.6 is 0 Å². The molecule has 2 rings (SSSR count). The lowest BCUT2D eigenvalue weighted by molar-refractivity contribution is -0.143. The zero-order chi connectivity index (χ0) is 20.0. The number of hydrogen-bond donors (Lipinski definition) is 1. The van der Waals surface area contributed by atoms with E-state index < -0.39 is 17.7 Å². The molecular formula is C20H22N2O5. The van der Waals surface area contributed by atoms with E-state index in [1.807, 2.05) is 25.1 Å². The molecule has 0 saturated heterocycles. The Morgan fingerprint density at radius 3 is 2.48 bits per heavy atom. The second-order valence-corrected chi connectivity index (χ2v) is 5.87. The van der Waals surface area contributed by atoms with Gasteiger partial charge in [-0.1, -0.05) is 29.8 Å². The number of esters is 1. The highest BCUT2D eigenvalue weighted by Crippen LogP contribution is 2.35. The molecule has 0 spiro atoms.